The number of pyridine rings is 1. The Balaban J connectivity index is 2.63. The first kappa shape index (κ1) is 17.4. The van der Waals surface area contributed by atoms with Crippen LogP contribution in [0.1, 0.15) is 19.4 Å². The fraction of sp³-hybridized carbons (Fsp3) is 0.615. The van der Waals surface area contributed by atoms with E-state index in [0.29, 0.717) is 19.0 Å². The molecule has 2 N–H and O–H groups in total. The van der Waals surface area contributed by atoms with Crippen LogP contribution in [0, 0.1) is 5.92 Å². The second kappa shape index (κ2) is 8.61. The van der Waals surface area contributed by atoms with Crippen molar-refractivity contribution in [1.82, 2.24) is 15.0 Å². The zero-order valence-electron chi connectivity index (χ0n) is 12.2. The topological polar surface area (TPSA) is 71.1 Å². The standard InChI is InChI=1S/C13H23N3O2S2/c1-4-14-8-12-5-6-13(15-9-12)20(17,18)16-7-11(2)10-19-3/h5-6,9,11,14,16H,4,7-8,10H2,1-3H3. The lowest BCUT2D eigenvalue weighted by atomic mass is 10.2. The van der Waals surface area contributed by atoms with E-state index in [4.69, 9.17) is 0 Å². The van der Waals surface area contributed by atoms with E-state index in [1.54, 1.807) is 30.1 Å². The van der Waals surface area contributed by atoms with Crippen molar-refractivity contribution in [3.63, 3.8) is 0 Å². The van der Waals surface area contributed by atoms with Gasteiger partial charge in [-0.05, 0) is 36.1 Å². The Labute approximate surface area is 126 Å². The summed E-state index contributed by atoms with van der Waals surface area (Å²) >= 11 is 1.71. The van der Waals surface area contributed by atoms with Gasteiger partial charge in [0, 0.05) is 19.3 Å². The second-order valence-corrected chi connectivity index (χ2v) is 7.32. The normalized spacial score (nSPS) is 13.3. The van der Waals surface area contributed by atoms with E-state index >= 15 is 0 Å². The molecule has 0 amide bonds. The molecule has 1 aromatic rings. The fourth-order valence-corrected chi connectivity index (χ4v) is 3.39. The molecule has 1 atom stereocenters. The average Bonchev–Trinajstić information content (AvgIpc) is 2.44. The molecule has 5 nitrogen and oxygen atoms in total. The van der Waals surface area contributed by atoms with Gasteiger partial charge in [-0.1, -0.05) is 19.9 Å². The van der Waals surface area contributed by atoms with Crippen molar-refractivity contribution < 1.29 is 8.42 Å². The summed E-state index contributed by atoms with van der Waals surface area (Å²) in [4.78, 5) is 4.03. The number of thioether (sulfide) groups is 1. The predicted octanol–water partition coefficient (Wildman–Crippen LogP) is 1.47. The maximum atomic E-state index is 12.1. The van der Waals surface area contributed by atoms with Crippen molar-refractivity contribution in [3.05, 3.63) is 23.9 Å². The van der Waals surface area contributed by atoms with Crippen LogP contribution in [0.5, 0.6) is 0 Å². The van der Waals surface area contributed by atoms with Gasteiger partial charge in [0.05, 0.1) is 0 Å². The number of nitrogens with zero attached hydrogens (tertiary/aromatic N) is 1. The van der Waals surface area contributed by atoms with Crippen LogP contribution in [-0.2, 0) is 16.6 Å². The molecule has 0 bridgehead atoms. The van der Waals surface area contributed by atoms with Gasteiger partial charge in [0.25, 0.3) is 10.0 Å². The van der Waals surface area contributed by atoms with E-state index in [9.17, 15) is 8.42 Å². The molecule has 0 saturated carbocycles. The van der Waals surface area contributed by atoms with Crippen LogP contribution in [0.25, 0.3) is 0 Å². The van der Waals surface area contributed by atoms with Crippen LogP contribution in [0.3, 0.4) is 0 Å². The highest BCUT2D eigenvalue weighted by Crippen LogP contribution is 2.08. The quantitative estimate of drug-likeness (QED) is 0.722. The van der Waals surface area contributed by atoms with Gasteiger partial charge in [-0.3, -0.25) is 0 Å². The molecule has 0 spiro atoms. The molecular weight excluding hydrogens is 294 g/mol. The van der Waals surface area contributed by atoms with Crippen LogP contribution in [0.4, 0.5) is 0 Å². The summed E-state index contributed by atoms with van der Waals surface area (Å²) in [5.41, 5.74) is 0.974. The predicted molar refractivity (Wildman–Crippen MR) is 84.4 cm³/mol. The maximum absolute atomic E-state index is 12.1. The lowest BCUT2D eigenvalue weighted by Crippen LogP contribution is -2.29. The first-order chi connectivity index (χ1) is 9.49. The summed E-state index contributed by atoms with van der Waals surface area (Å²) < 4.78 is 26.7. The molecule has 114 valence electrons. The molecule has 0 aliphatic rings. The molecule has 0 saturated heterocycles. The van der Waals surface area contributed by atoms with Crippen LogP contribution in [0.15, 0.2) is 23.4 Å². The number of nitrogens with one attached hydrogen (secondary N) is 2. The first-order valence-corrected chi connectivity index (χ1v) is 9.51. The molecule has 1 unspecified atom stereocenters. The van der Waals surface area contributed by atoms with Crippen molar-refractivity contribution in [3.8, 4) is 0 Å². The number of hydrogen-bond acceptors (Lipinski definition) is 5. The summed E-state index contributed by atoms with van der Waals surface area (Å²) in [5.74, 6) is 1.23. The lowest BCUT2D eigenvalue weighted by molar-refractivity contribution is 0.559. The molecule has 1 aromatic heterocycles. The number of aromatic nitrogens is 1. The molecule has 0 fully saturated rings. The fourth-order valence-electron chi connectivity index (χ4n) is 1.61. The molecule has 1 rings (SSSR count). The van der Waals surface area contributed by atoms with E-state index in [-0.39, 0.29) is 5.03 Å². The maximum Gasteiger partial charge on any atom is 0.258 e. The van der Waals surface area contributed by atoms with Crippen molar-refractivity contribution in [2.24, 2.45) is 5.92 Å². The van der Waals surface area contributed by atoms with Crippen LogP contribution in [0.2, 0.25) is 0 Å². The third-order valence-corrected chi connectivity index (χ3v) is 4.97. The summed E-state index contributed by atoms with van der Waals surface area (Å²) in [6, 6.07) is 3.34. The Morgan fingerprint density at radius 1 is 1.40 bits per heavy atom. The van der Waals surface area contributed by atoms with Gasteiger partial charge >= 0.3 is 0 Å². The minimum atomic E-state index is -3.50. The minimum Gasteiger partial charge on any atom is -0.313 e. The van der Waals surface area contributed by atoms with Crippen LogP contribution >= 0.6 is 11.8 Å². The van der Waals surface area contributed by atoms with Crippen molar-refractivity contribution in [2.45, 2.75) is 25.4 Å². The Hall–Kier alpha value is -0.630. The molecule has 0 radical (unpaired) electrons. The Kier molecular flexibility index (Phi) is 7.50. The lowest BCUT2D eigenvalue weighted by Gasteiger charge is -2.11. The molecule has 1 heterocycles. The van der Waals surface area contributed by atoms with Crippen molar-refractivity contribution >= 4 is 21.8 Å². The molecule has 7 heteroatoms. The minimum absolute atomic E-state index is 0.0779. The number of hydrogen-bond donors (Lipinski definition) is 2. The van der Waals surface area contributed by atoms with E-state index in [2.05, 4.69) is 15.0 Å². The SMILES string of the molecule is CCNCc1ccc(S(=O)(=O)NCC(C)CSC)nc1. The van der Waals surface area contributed by atoms with Crippen LogP contribution in [-0.4, -0.2) is 38.5 Å². The molecule has 0 aromatic carbocycles. The van der Waals surface area contributed by atoms with E-state index in [1.807, 2.05) is 20.1 Å². The largest absolute Gasteiger partial charge is 0.313 e. The molecule has 0 aliphatic heterocycles. The number of sulfonamides is 1. The molecular formula is C13H23N3O2S2. The average molecular weight is 317 g/mol. The summed E-state index contributed by atoms with van der Waals surface area (Å²) in [6.07, 6.45) is 3.61. The third-order valence-electron chi connectivity index (χ3n) is 2.73. The van der Waals surface area contributed by atoms with E-state index in [0.717, 1.165) is 17.9 Å². The Morgan fingerprint density at radius 3 is 2.70 bits per heavy atom. The smallest absolute Gasteiger partial charge is 0.258 e. The second-order valence-electron chi connectivity index (χ2n) is 4.70. The van der Waals surface area contributed by atoms with Gasteiger partial charge in [-0.25, -0.2) is 18.1 Å². The van der Waals surface area contributed by atoms with Crippen molar-refractivity contribution in [2.75, 3.05) is 25.1 Å². The Bertz CT molecular complexity index is 489. The molecule has 20 heavy (non-hydrogen) atoms. The van der Waals surface area contributed by atoms with Gasteiger partial charge in [0.1, 0.15) is 0 Å². The zero-order chi connectivity index (χ0) is 15.0. The van der Waals surface area contributed by atoms with Gasteiger partial charge < -0.3 is 5.32 Å². The third kappa shape index (κ3) is 5.78. The van der Waals surface area contributed by atoms with Crippen molar-refractivity contribution in [1.29, 1.82) is 0 Å². The summed E-state index contributed by atoms with van der Waals surface area (Å²) in [7, 11) is -3.50. The highest BCUT2D eigenvalue weighted by atomic mass is 32.2. The Morgan fingerprint density at radius 2 is 2.15 bits per heavy atom. The highest BCUT2D eigenvalue weighted by molar-refractivity contribution is 7.98. The van der Waals surface area contributed by atoms with Gasteiger partial charge in [0.2, 0.25) is 0 Å². The summed E-state index contributed by atoms with van der Waals surface area (Å²) in [6.45, 7) is 6.04. The molecule has 0 aliphatic carbocycles. The van der Waals surface area contributed by atoms with E-state index in [1.165, 1.54) is 0 Å². The highest BCUT2D eigenvalue weighted by Gasteiger charge is 2.16. The van der Waals surface area contributed by atoms with Gasteiger partial charge in [0.15, 0.2) is 5.03 Å². The first-order valence-electron chi connectivity index (χ1n) is 6.63. The monoisotopic (exact) mass is 317 g/mol. The van der Waals surface area contributed by atoms with Gasteiger partial charge in [-0.15, -0.1) is 0 Å². The zero-order valence-corrected chi connectivity index (χ0v) is 13.9. The van der Waals surface area contributed by atoms with E-state index < -0.39 is 10.0 Å². The summed E-state index contributed by atoms with van der Waals surface area (Å²) in [5, 5.41) is 3.25. The van der Waals surface area contributed by atoms with Gasteiger partial charge in [-0.2, -0.15) is 11.8 Å². The van der Waals surface area contributed by atoms with Crippen LogP contribution < -0.4 is 10.0 Å². The number of rotatable bonds is 9.